The molecule has 0 rings (SSSR count). The van der Waals surface area contributed by atoms with Gasteiger partial charge in [-0.2, -0.15) is 11.8 Å². The van der Waals surface area contributed by atoms with Crippen molar-refractivity contribution in [1.82, 2.24) is 0 Å². The van der Waals surface area contributed by atoms with Crippen LogP contribution in [-0.4, -0.2) is 5.75 Å². The van der Waals surface area contributed by atoms with Crippen LogP contribution in [-0.2, 0) is 0 Å². The fourth-order valence-electron chi connectivity index (χ4n) is 0.333. The molecule has 0 atom stereocenters. The van der Waals surface area contributed by atoms with Crippen LogP contribution in [0, 0.1) is 11.2 Å². The van der Waals surface area contributed by atoms with Gasteiger partial charge in [0.15, 0.2) is 0 Å². The van der Waals surface area contributed by atoms with Gasteiger partial charge in [0.1, 0.15) is 0 Å². The highest BCUT2D eigenvalue weighted by Crippen LogP contribution is 2.21. The van der Waals surface area contributed by atoms with Crippen LogP contribution in [0.15, 0.2) is 0 Å². The average molecular weight is 131 g/mol. The molecule has 0 spiro atoms. The molecule has 0 nitrogen and oxygen atoms in total. The molecule has 0 aliphatic heterocycles. The summed E-state index contributed by atoms with van der Waals surface area (Å²) in [5.74, 6) is 3.37. The molecule has 0 saturated carbocycles. The Balaban J connectivity index is 3.11. The predicted octanol–water partition coefficient (Wildman–Crippen LogP) is 2.95. The Morgan fingerprint density at radius 2 is 1.88 bits per heavy atom. The fourth-order valence-corrected chi connectivity index (χ4v) is 1.00. The summed E-state index contributed by atoms with van der Waals surface area (Å²) in [7, 11) is 0. The zero-order valence-corrected chi connectivity index (χ0v) is 7.01. The van der Waals surface area contributed by atoms with Crippen LogP contribution >= 0.6 is 11.8 Å². The summed E-state index contributed by atoms with van der Waals surface area (Å²) in [5.41, 5.74) is 0.483. The first kappa shape index (κ1) is 8.35. The van der Waals surface area contributed by atoms with Crippen LogP contribution in [0.25, 0.3) is 0 Å². The standard InChI is InChI=1S/C7H15S/c1-5-8-6-7(2,3)4/h5H,6H2,1-4H3. The molecule has 1 radical (unpaired) electrons. The van der Waals surface area contributed by atoms with Gasteiger partial charge in [-0.15, -0.1) is 0 Å². The van der Waals surface area contributed by atoms with Gasteiger partial charge < -0.3 is 0 Å². The molecule has 0 fully saturated rings. The van der Waals surface area contributed by atoms with Crippen molar-refractivity contribution in [3.8, 4) is 0 Å². The third-order valence-electron chi connectivity index (χ3n) is 0.683. The molecule has 0 aliphatic rings. The van der Waals surface area contributed by atoms with Crippen molar-refractivity contribution < 1.29 is 0 Å². The van der Waals surface area contributed by atoms with Crippen molar-refractivity contribution in [2.75, 3.05) is 5.75 Å². The Morgan fingerprint density at radius 3 is 2.00 bits per heavy atom. The number of rotatable bonds is 2. The molecule has 0 heterocycles. The molecular weight excluding hydrogens is 116 g/mol. The van der Waals surface area contributed by atoms with Crippen molar-refractivity contribution in [3.05, 3.63) is 5.75 Å². The topological polar surface area (TPSA) is 0 Å². The van der Waals surface area contributed by atoms with E-state index in [1.54, 1.807) is 0 Å². The molecule has 0 amide bonds. The molecular formula is C7H15S. The summed E-state index contributed by atoms with van der Waals surface area (Å²) >= 11 is 1.89. The molecule has 0 unspecified atom stereocenters. The third-order valence-corrected chi connectivity index (χ3v) is 2.05. The van der Waals surface area contributed by atoms with Crippen molar-refractivity contribution in [3.63, 3.8) is 0 Å². The highest BCUT2D eigenvalue weighted by atomic mass is 32.2. The van der Waals surface area contributed by atoms with E-state index in [9.17, 15) is 0 Å². The summed E-state index contributed by atoms with van der Waals surface area (Å²) in [5, 5.41) is 0. The van der Waals surface area contributed by atoms with Gasteiger partial charge in [0.2, 0.25) is 0 Å². The van der Waals surface area contributed by atoms with Crippen LogP contribution in [0.2, 0.25) is 0 Å². The van der Waals surface area contributed by atoms with Crippen molar-refractivity contribution in [1.29, 1.82) is 0 Å². The fraction of sp³-hybridized carbons (Fsp3) is 0.857. The minimum atomic E-state index is 0.483. The van der Waals surface area contributed by atoms with E-state index >= 15 is 0 Å². The minimum absolute atomic E-state index is 0.483. The van der Waals surface area contributed by atoms with E-state index in [1.165, 1.54) is 5.75 Å². The van der Waals surface area contributed by atoms with Gasteiger partial charge in [0.25, 0.3) is 0 Å². The summed E-state index contributed by atoms with van der Waals surface area (Å²) in [6, 6.07) is 0. The molecule has 0 aromatic rings. The largest absolute Gasteiger partial charge is 0.157 e. The van der Waals surface area contributed by atoms with E-state index in [4.69, 9.17) is 0 Å². The van der Waals surface area contributed by atoms with Gasteiger partial charge in [0, 0.05) is 5.75 Å². The lowest BCUT2D eigenvalue weighted by Gasteiger charge is -2.15. The summed E-state index contributed by atoms with van der Waals surface area (Å²) in [6.45, 7) is 8.84. The Kier molecular flexibility index (Phi) is 3.54. The number of hydrogen-bond acceptors (Lipinski definition) is 1. The van der Waals surface area contributed by atoms with Gasteiger partial charge in [0.05, 0.1) is 0 Å². The highest BCUT2D eigenvalue weighted by Gasteiger charge is 2.07. The van der Waals surface area contributed by atoms with E-state index in [2.05, 4.69) is 33.4 Å². The first-order valence-corrected chi connectivity index (χ1v) is 4.00. The molecule has 8 heavy (non-hydrogen) atoms. The molecule has 49 valence electrons. The SMILES string of the molecule is C[CH]SCC(C)(C)C. The summed E-state index contributed by atoms with van der Waals surface area (Å²) in [4.78, 5) is 0. The lowest BCUT2D eigenvalue weighted by Crippen LogP contribution is -2.07. The van der Waals surface area contributed by atoms with Crippen molar-refractivity contribution in [2.45, 2.75) is 27.7 Å². The van der Waals surface area contributed by atoms with Crippen molar-refractivity contribution >= 4 is 11.8 Å². The lowest BCUT2D eigenvalue weighted by atomic mass is 10.0. The Hall–Kier alpha value is 0.350. The molecule has 0 bridgehead atoms. The quantitative estimate of drug-likeness (QED) is 0.555. The van der Waals surface area contributed by atoms with Gasteiger partial charge >= 0.3 is 0 Å². The highest BCUT2D eigenvalue weighted by molar-refractivity contribution is 8.01. The molecule has 1 heteroatoms. The maximum Gasteiger partial charge on any atom is 0.0135 e. The van der Waals surface area contributed by atoms with Crippen LogP contribution in [0.1, 0.15) is 27.7 Å². The van der Waals surface area contributed by atoms with E-state index in [0.717, 1.165) is 0 Å². The predicted molar refractivity (Wildman–Crippen MR) is 41.9 cm³/mol. The van der Waals surface area contributed by atoms with Crippen LogP contribution in [0.5, 0.6) is 0 Å². The van der Waals surface area contributed by atoms with E-state index in [-0.39, 0.29) is 0 Å². The lowest BCUT2D eigenvalue weighted by molar-refractivity contribution is 0.481. The van der Waals surface area contributed by atoms with Gasteiger partial charge in [-0.3, -0.25) is 0 Å². The zero-order valence-electron chi connectivity index (χ0n) is 6.19. The smallest absolute Gasteiger partial charge is 0.0135 e. The van der Waals surface area contributed by atoms with E-state index in [0.29, 0.717) is 5.41 Å². The Labute approximate surface area is 57.1 Å². The van der Waals surface area contributed by atoms with Crippen LogP contribution in [0.3, 0.4) is 0 Å². The normalized spacial score (nSPS) is 12.0. The third kappa shape index (κ3) is 6.35. The molecule has 0 saturated heterocycles. The molecule has 0 aromatic carbocycles. The second-order valence-electron chi connectivity index (χ2n) is 3.11. The van der Waals surface area contributed by atoms with Crippen LogP contribution in [0.4, 0.5) is 0 Å². The first-order chi connectivity index (χ1) is 3.56. The molecule has 0 N–H and O–H groups in total. The first-order valence-electron chi connectivity index (χ1n) is 2.96. The Morgan fingerprint density at radius 1 is 1.38 bits per heavy atom. The molecule has 0 aromatic heterocycles. The monoisotopic (exact) mass is 131 g/mol. The average Bonchev–Trinajstić information content (AvgIpc) is 1.59. The van der Waals surface area contributed by atoms with Gasteiger partial charge in [-0.25, -0.2) is 0 Å². The second-order valence-corrected chi connectivity index (χ2v) is 4.20. The Bertz CT molecular complexity index is 51.9. The maximum atomic E-state index is 2.25. The zero-order chi connectivity index (χ0) is 6.62. The number of hydrogen-bond donors (Lipinski definition) is 0. The maximum absolute atomic E-state index is 2.25. The molecule has 0 aliphatic carbocycles. The van der Waals surface area contributed by atoms with E-state index < -0.39 is 0 Å². The van der Waals surface area contributed by atoms with E-state index in [1.807, 2.05) is 11.8 Å². The van der Waals surface area contributed by atoms with Gasteiger partial charge in [-0.05, 0) is 11.2 Å². The van der Waals surface area contributed by atoms with Crippen molar-refractivity contribution in [2.24, 2.45) is 5.41 Å². The summed E-state index contributed by atoms with van der Waals surface area (Å²) < 4.78 is 0. The summed E-state index contributed by atoms with van der Waals surface area (Å²) in [6.07, 6.45) is 0. The van der Waals surface area contributed by atoms with Gasteiger partial charge in [-0.1, -0.05) is 27.7 Å². The second kappa shape index (κ2) is 3.39. The number of thioether (sulfide) groups is 1. The van der Waals surface area contributed by atoms with Crippen LogP contribution < -0.4 is 0 Å². The minimum Gasteiger partial charge on any atom is -0.157 e.